The van der Waals surface area contributed by atoms with Gasteiger partial charge in [-0.1, -0.05) is 42.5 Å². The van der Waals surface area contributed by atoms with Gasteiger partial charge in [0, 0.05) is 19.0 Å². The molecule has 1 aliphatic heterocycles. The Kier molecular flexibility index (Phi) is 5.94. The van der Waals surface area contributed by atoms with Crippen molar-refractivity contribution in [1.29, 1.82) is 0 Å². The molecule has 0 spiro atoms. The van der Waals surface area contributed by atoms with E-state index in [1.54, 1.807) is 0 Å². The smallest absolute Gasteiger partial charge is 0.226 e. The number of carbonyl (C=O) groups excluding carboxylic acids is 1. The van der Waals surface area contributed by atoms with Crippen molar-refractivity contribution in [1.82, 2.24) is 4.90 Å². The van der Waals surface area contributed by atoms with Gasteiger partial charge in [-0.15, -0.1) is 0 Å². The molecule has 0 aromatic heterocycles. The van der Waals surface area contributed by atoms with Crippen LogP contribution >= 0.6 is 0 Å². The first kappa shape index (κ1) is 18.5. The van der Waals surface area contributed by atoms with E-state index >= 15 is 0 Å². The van der Waals surface area contributed by atoms with E-state index in [9.17, 15) is 4.79 Å². The molecular weight excluding hydrogens is 324 g/mol. The van der Waals surface area contributed by atoms with Gasteiger partial charge in [0.2, 0.25) is 5.91 Å². The number of ether oxygens (including phenoxy) is 1. The van der Waals surface area contributed by atoms with E-state index in [4.69, 9.17) is 10.5 Å². The van der Waals surface area contributed by atoms with Crippen molar-refractivity contribution in [3.8, 4) is 5.75 Å². The summed E-state index contributed by atoms with van der Waals surface area (Å²) >= 11 is 0. The second-order valence-corrected chi connectivity index (χ2v) is 7.11. The van der Waals surface area contributed by atoms with Gasteiger partial charge >= 0.3 is 0 Å². The molecule has 0 radical (unpaired) electrons. The molecule has 0 unspecified atom stereocenters. The molecule has 0 bridgehead atoms. The minimum absolute atomic E-state index is 0.146. The highest BCUT2D eigenvalue weighted by Crippen LogP contribution is 2.32. The molecule has 3 rings (SSSR count). The number of nitrogens with zero attached hydrogens (tertiary/aromatic N) is 1. The van der Waals surface area contributed by atoms with Crippen LogP contribution in [0.3, 0.4) is 0 Å². The van der Waals surface area contributed by atoms with E-state index < -0.39 is 0 Å². The first-order chi connectivity index (χ1) is 12.6. The molecule has 2 aromatic carbocycles. The third-order valence-electron chi connectivity index (χ3n) is 5.45. The van der Waals surface area contributed by atoms with Gasteiger partial charge in [0.15, 0.2) is 0 Å². The summed E-state index contributed by atoms with van der Waals surface area (Å²) in [6, 6.07) is 16.4. The molecule has 2 aromatic rings. The SMILES string of the molecule is Cc1cccc(OCCC(=O)N2C[C@@H](CN)[C@H](c3ccccc3)C2)c1C. The molecule has 1 aliphatic rings. The largest absolute Gasteiger partial charge is 0.493 e. The van der Waals surface area contributed by atoms with Gasteiger partial charge in [-0.2, -0.15) is 0 Å². The number of hydrogen-bond donors (Lipinski definition) is 1. The van der Waals surface area contributed by atoms with Crippen molar-refractivity contribution in [2.24, 2.45) is 11.7 Å². The molecule has 4 heteroatoms. The number of nitrogens with two attached hydrogens (primary N) is 1. The summed E-state index contributed by atoms with van der Waals surface area (Å²) in [6.45, 7) is 6.59. The predicted octanol–water partition coefficient (Wildman–Crippen LogP) is 3.27. The summed E-state index contributed by atoms with van der Waals surface area (Å²) in [5.41, 5.74) is 9.57. The van der Waals surface area contributed by atoms with E-state index in [-0.39, 0.29) is 5.91 Å². The lowest BCUT2D eigenvalue weighted by molar-refractivity contribution is -0.130. The molecule has 4 nitrogen and oxygen atoms in total. The van der Waals surface area contributed by atoms with Gasteiger partial charge in [-0.3, -0.25) is 4.79 Å². The molecule has 1 saturated heterocycles. The fourth-order valence-electron chi connectivity index (χ4n) is 3.68. The average molecular weight is 352 g/mol. The summed E-state index contributed by atoms with van der Waals surface area (Å²) < 4.78 is 5.84. The van der Waals surface area contributed by atoms with Gasteiger partial charge < -0.3 is 15.4 Å². The van der Waals surface area contributed by atoms with E-state index in [1.807, 2.05) is 42.2 Å². The van der Waals surface area contributed by atoms with E-state index in [1.165, 1.54) is 11.1 Å². The highest BCUT2D eigenvalue weighted by Gasteiger charge is 2.34. The number of benzene rings is 2. The monoisotopic (exact) mass is 352 g/mol. The van der Waals surface area contributed by atoms with E-state index in [0.717, 1.165) is 24.4 Å². The summed E-state index contributed by atoms with van der Waals surface area (Å²) in [5, 5.41) is 0. The minimum Gasteiger partial charge on any atom is -0.493 e. The van der Waals surface area contributed by atoms with Gasteiger partial charge in [0.1, 0.15) is 5.75 Å². The fourth-order valence-corrected chi connectivity index (χ4v) is 3.68. The second kappa shape index (κ2) is 8.37. The van der Waals surface area contributed by atoms with Crippen LogP contribution in [-0.2, 0) is 4.79 Å². The van der Waals surface area contributed by atoms with Crippen LogP contribution in [-0.4, -0.2) is 37.0 Å². The Morgan fingerprint density at radius 2 is 1.88 bits per heavy atom. The molecule has 0 aliphatic carbocycles. The number of amides is 1. The average Bonchev–Trinajstić information content (AvgIpc) is 3.10. The predicted molar refractivity (Wildman–Crippen MR) is 104 cm³/mol. The molecule has 138 valence electrons. The van der Waals surface area contributed by atoms with E-state index in [2.05, 4.69) is 25.1 Å². The lowest BCUT2D eigenvalue weighted by Gasteiger charge is -2.17. The van der Waals surface area contributed by atoms with Crippen molar-refractivity contribution >= 4 is 5.91 Å². The lowest BCUT2D eigenvalue weighted by atomic mass is 9.89. The second-order valence-electron chi connectivity index (χ2n) is 7.11. The summed E-state index contributed by atoms with van der Waals surface area (Å²) in [4.78, 5) is 14.6. The molecule has 0 saturated carbocycles. The van der Waals surface area contributed by atoms with Crippen LogP contribution in [0.2, 0.25) is 0 Å². The first-order valence-electron chi connectivity index (χ1n) is 9.32. The van der Waals surface area contributed by atoms with Gasteiger partial charge in [0.05, 0.1) is 13.0 Å². The Bertz CT molecular complexity index is 745. The normalized spacial score (nSPS) is 19.6. The zero-order chi connectivity index (χ0) is 18.5. The minimum atomic E-state index is 0.146. The van der Waals surface area contributed by atoms with Crippen LogP contribution < -0.4 is 10.5 Å². The topological polar surface area (TPSA) is 55.6 Å². The third kappa shape index (κ3) is 4.07. The van der Waals surface area contributed by atoms with Crippen LogP contribution in [0.1, 0.15) is 29.0 Å². The standard InChI is InChI=1S/C22H28N2O2/c1-16-7-6-10-21(17(16)2)26-12-11-22(25)24-14-19(13-23)20(15-24)18-8-4-3-5-9-18/h3-10,19-20H,11-15,23H2,1-2H3/t19-,20+/m1/s1. The van der Waals surface area contributed by atoms with Crippen molar-refractivity contribution < 1.29 is 9.53 Å². The van der Waals surface area contributed by atoms with Crippen LogP contribution in [0.4, 0.5) is 0 Å². The summed E-state index contributed by atoms with van der Waals surface area (Å²) in [6.07, 6.45) is 0.395. The van der Waals surface area contributed by atoms with Crippen LogP contribution in [0, 0.1) is 19.8 Å². The fraction of sp³-hybridized carbons (Fsp3) is 0.409. The number of likely N-dealkylation sites (tertiary alicyclic amines) is 1. The summed E-state index contributed by atoms with van der Waals surface area (Å²) in [5.74, 6) is 1.65. The first-order valence-corrected chi connectivity index (χ1v) is 9.32. The van der Waals surface area contributed by atoms with E-state index in [0.29, 0.717) is 31.4 Å². The Morgan fingerprint density at radius 1 is 1.12 bits per heavy atom. The van der Waals surface area contributed by atoms with Gasteiger partial charge in [-0.05, 0) is 49.1 Å². The maximum Gasteiger partial charge on any atom is 0.226 e. The molecule has 1 amide bonds. The zero-order valence-corrected chi connectivity index (χ0v) is 15.7. The number of rotatable bonds is 6. The van der Waals surface area contributed by atoms with Crippen LogP contribution in [0.5, 0.6) is 5.75 Å². The maximum atomic E-state index is 12.6. The van der Waals surface area contributed by atoms with Gasteiger partial charge in [0.25, 0.3) is 0 Å². The van der Waals surface area contributed by atoms with Gasteiger partial charge in [-0.25, -0.2) is 0 Å². The summed E-state index contributed by atoms with van der Waals surface area (Å²) in [7, 11) is 0. The maximum absolute atomic E-state index is 12.6. The third-order valence-corrected chi connectivity index (χ3v) is 5.45. The van der Waals surface area contributed by atoms with Crippen molar-refractivity contribution in [2.45, 2.75) is 26.2 Å². The quantitative estimate of drug-likeness (QED) is 0.868. The zero-order valence-electron chi connectivity index (χ0n) is 15.7. The Labute approximate surface area is 156 Å². The molecule has 2 atom stereocenters. The molecular formula is C22H28N2O2. The van der Waals surface area contributed by atoms with Crippen LogP contribution in [0.15, 0.2) is 48.5 Å². The number of carbonyl (C=O) groups is 1. The van der Waals surface area contributed by atoms with Crippen LogP contribution in [0.25, 0.3) is 0 Å². The van der Waals surface area contributed by atoms with Crippen molar-refractivity contribution in [3.63, 3.8) is 0 Å². The highest BCUT2D eigenvalue weighted by atomic mass is 16.5. The Hall–Kier alpha value is -2.33. The molecule has 26 heavy (non-hydrogen) atoms. The highest BCUT2D eigenvalue weighted by molar-refractivity contribution is 5.76. The van der Waals surface area contributed by atoms with Crippen molar-refractivity contribution in [3.05, 3.63) is 65.2 Å². The number of hydrogen-bond acceptors (Lipinski definition) is 3. The molecule has 1 fully saturated rings. The van der Waals surface area contributed by atoms with Crippen molar-refractivity contribution in [2.75, 3.05) is 26.2 Å². The molecule has 1 heterocycles. The Morgan fingerprint density at radius 3 is 2.62 bits per heavy atom. The molecule has 2 N–H and O–H groups in total. The Balaban J connectivity index is 1.56. The lowest BCUT2D eigenvalue weighted by Crippen LogP contribution is -2.30. The number of aryl methyl sites for hydroxylation is 1.